The van der Waals surface area contributed by atoms with Gasteiger partial charge in [-0.15, -0.1) is 0 Å². The third-order valence-corrected chi connectivity index (χ3v) is 7.39. The van der Waals surface area contributed by atoms with Gasteiger partial charge in [0, 0.05) is 41.0 Å². The Labute approximate surface area is 192 Å². The summed E-state index contributed by atoms with van der Waals surface area (Å²) in [6.07, 6.45) is 4.03. The Bertz CT molecular complexity index is 1380. The van der Waals surface area contributed by atoms with Crippen molar-refractivity contribution in [2.24, 2.45) is 0 Å². The minimum Gasteiger partial charge on any atom is -0.330 e. The monoisotopic (exact) mass is 484 g/mol. The molecule has 3 heterocycles. The molecule has 2 atom stereocenters. The Kier molecular flexibility index (Phi) is 6.50. The first-order valence-corrected chi connectivity index (χ1v) is 12.7. The van der Waals surface area contributed by atoms with Crippen LogP contribution in [0.2, 0.25) is 0 Å². The number of aromatic nitrogens is 2. The van der Waals surface area contributed by atoms with Gasteiger partial charge in [-0.2, -0.15) is 0 Å². The molecule has 4 aromatic rings. The van der Waals surface area contributed by atoms with Crippen LogP contribution < -0.4 is 10.7 Å². The molecule has 2 N–H and O–H groups in total. The predicted molar refractivity (Wildman–Crippen MR) is 128 cm³/mol. The molecular weight excluding hydrogens is 462 g/mol. The minimum absolute atomic E-state index is 0.0359. The molecule has 2 unspecified atom stereocenters. The molecule has 8 nitrogen and oxygen atoms in total. The van der Waals surface area contributed by atoms with Gasteiger partial charge < -0.3 is 23.4 Å². The van der Waals surface area contributed by atoms with E-state index in [4.69, 9.17) is 23.4 Å². The summed E-state index contributed by atoms with van der Waals surface area (Å²) < 4.78 is 18.9. The molecule has 1 fully saturated rings. The summed E-state index contributed by atoms with van der Waals surface area (Å²) in [4.78, 5) is 35.3. The van der Waals surface area contributed by atoms with Gasteiger partial charge in [0.05, 0.1) is 23.7 Å². The largest absolute Gasteiger partial charge is 0.330 e. The fraction of sp³-hybridized carbons (Fsp3) is 0.217. The second kappa shape index (κ2) is 9.53. The maximum absolute atomic E-state index is 12.4. The van der Waals surface area contributed by atoms with Crippen LogP contribution in [0.3, 0.4) is 0 Å². The number of hydrogen-bond acceptors (Lipinski definition) is 7. The summed E-state index contributed by atoms with van der Waals surface area (Å²) in [6, 6.07) is 15.3. The topological polar surface area (TPSA) is 103 Å². The van der Waals surface area contributed by atoms with E-state index < -0.39 is 17.0 Å². The molecule has 5 rings (SSSR count). The minimum atomic E-state index is -2.52. The normalized spacial score (nSPS) is 18.9. The van der Waals surface area contributed by atoms with Crippen LogP contribution in [0, 0.1) is 6.92 Å². The molecule has 1 saturated heterocycles. The summed E-state index contributed by atoms with van der Waals surface area (Å²) in [5, 5.41) is 2.15. The van der Waals surface area contributed by atoms with E-state index in [2.05, 4.69) is 30.1 Å². The fourth-order valence-corrected chi connectivity index (χ4v) is 5.67. The van der Waals surface area contributed by atoms with Crippen LogP contribution in [0.25, 0.3) is 21.8 Å². The van der Waals surface area contributed by atoms with Gasteiger partial charge in [0.1, 0.15) is 6.73 Å². The van der Waals surface area contributed by atoms with Gasteiger partial charge in [-0.3, -0.25) is 14.3 Å². The number of hydrogen-bond donors (Lipinski definition) is 2. The Morgan fingerprint density at radius 1 is 1.24 bits per heavy atom. The molecule has 10 heteroatoms. The van der Waals surface area contributed by atoms with Crippen molar-refractivity contribution in [2.75, 3.05) is 6.61 Å². The summed E-state index contributed by atoms with van der Waals surface area (Å²) in [6.45, 7) is 2.55. The number of pyridine rings is 2. The van der Waals surface area contributed by atoms with Gasteiger partial charge in [-0.05, 0) is 24.6 Å². The van der Waals surface area contributed by atoms with E-state index in [0.717, 1.165) is 22.7 Å². The van der Waals surface area contributed by atoms with Crippen molar-refractivity contribution in [3.8, 4) is 0 Å². The van der Waals surface area contributed by atoms with Crippen molar-refractivity contribution >= 4 is 44.1 Å². The van der Waals surface area contributed by atoms with E-state index in [0.29, 0.717) is 23.0 Å². The second-order valence-corrected chi connectivity index (χ2v) is 10.0. The first kappa shape index (κ1) is 22.5. The molecule has 33 heavy (non-hydrogen) atoms. The van der Waals surface area contributed by atoms with Crippen LogP contribution in [-0.2, 0) is 20.3 Å². The van der Waals surface area contributed by atoms with Gasteiger partial charge in [-0.1, -0.05) is 35.9 Å². The Hall–Kier alpha value is -2.28. The predicted octanol–water partition coefficient (Wildman–Crippen LogP) is 4.16. The number of fused-ring (bicyclic) bond motifs is 3. The average molecular weight is 484 g/mol. The van der Waals surface area contributed by atoms with Crippen LogP contribution in [-0.4, -0.2) is 25.9 Å². The molecule has 0 amide bonds. The molecule has 170 valence electrons. The smallest absolute Gasteiger partial charge is 0.328 e. The Balaban J connectivity index is 1.51. The summed E-state index contributed by atoms with van der Waals surface area (Å²) in [7, 11) is -3.82. The molecule has 1 aliphatic rings. The first-order chi connectivity index (χ1) is 16.0. The SMILES string of the molecule is Cc1cccc(C2CCOP(c3cnc4c(ccc5c(=O)ccn(COP(O)O)c54)c3)O2)c1. The molecule has 2 aromatic heterocycles. The van der Waals surface area contributed by atoms with Crippen LogP contribution in [0.1, 0.15) is 23.7 Å². The molecule has 0 bridgehead atoms. The van der Waals surface area contributed by atoms with Gasteiger partial charge >= 0.3 is 8.60 Å². The number of nitrogens with zero attached hydrogens (tertiary/aromatic N) is 2. The lowest BCUT2D eigenvalue weighted by atomic mass is 10.0. The van der Waals surface area contributed by atoms with E-state index >= 15 is 0 Å². The van der Waals surface area contributed by atoms with Gasteiger partial charge in [0.15, 0.2) is 5.43 Å². The molecule has 2 aromatic carbocycles. The second-order valence-electron chi connectivity index (χ2n) is 7.77. The molecule has 0 radical (unpaired) electrons. The lowest BCUT2D eigenvalue weighted by Gasteiger charge is -2.29. The highest BCUT2D eigenvalue weighted by molar-refractivity contribution is 7.56. The van der Waals surface area contributed by atoms with Crippen LogP contribution in [0.4, 0.5) is 0 Å². The summed E-state index contributed by atoms with van der Waals surface area (Å²) >= 11 is 0. The first-order valence-electron chi connectivity index (χ1n) is 10.4. The van der Waals surface area contributed by atoms with Crippen molar-refractivity contribution in [1.29, 1.82) is 0 Å². The van der Waals surface area contributed by atoms with Crippen molar-refractivity contribution in [1.82, 2.24) is 9.55 Å². The van der Waals surface area contributed by atoms with E-state index in [1.807, 2.05) is 18.2 Å². The zero-order chi connectivity index (χ0) is 22.9. The fourth-order valence-electron chi connectivity index (χ4n) is 3.98. The Morgan fingerprint density at radius 2 is 2.12 bits per heavy atom. The highest BCUT2D eigenvalue weighted by atomic mass is 31.2. The van der Waals surface area contributed by atoms with Crippen molar-refractivity contribution in [3.05, 3.63) is 82.3 Å². The summed E-state index contributed by atoms with van der Waals surface area (Å²) in [5.74, 6) is 0. The zero-order valence-corrected chi connectivity index (χ0v) is 19.6. The highest BCUT2D eigenvalue weighted by Crippen LogP contribution is 2.48. The number of benzene rings is 2. The molecular formula is C23H22N2O6P2. The van der Waals surface area contributed by atoms with E-state index in [-0.39, 0.29) is 18.3 Å². The maximum atomic E-state index is 12.4. The lowest BCUT2D eigenvalue weighted by molar-refractivity contribution is 0.113. The van der Waals surface area contributed by atoms with E-state index in [1.165, 1.54) is 11.6 Å². The third kappa shape index (κ3) is 4.70. The molecule has 0 saturated carbocycles. The van der Waals surface area contributed by atoms with Crippen LogP contribution in [0.5, 0.6) is 0 Å². The molecule has 1 aliphatic heterocycles. The van der Waals surface area contributed by atoms with E-state index in [9.17, 15) is 4.79 Å². The molecule has 0 spiro atoms. The average Bonchev–Trinajstić information content (AvgIpc) is 2.83. The quantitative estimate of drug-likeness (QED) is 0.324. The Morgan fingerprint density at radius 3 is 2.94 bits per heavy atom. The van der Waals surface area contributed by atoms with E-state index in [1.54, 1.807) is 23.0 Å². The standard InChI is InChI=1S/C23H22N2O6P2/c1-15-3-2-4-16(11-15)21-8-10-29-32(31-21)18-12-17-5-6-19-20(26)7-9-25(14-30-33(27)28)23(19)22(17)24-13-18/h2-7,9,11-13,21,27-28H,8,10,14H2,1H3. The van der Waals surface area contributed by atoms with Gasteiger partial charge in [0.25, 0.3) is 0 Å². The van der Waals surface area contributed by atoms with Crippen molar-refractivity contribution in [2.45, 2.75) is 26.2 Å². The lowest BCUT2D eigenvalue weighted by Crippen LogP contribution is -2.18. The number of aryl methyl sites for hydroxylation is 1. The van der Waals surface area contributed by atoms with Crippen LogP contribution >= 0.6 is 17.0 Å². The molecule has 0 aliphatic carbocycles. The zero-order valence-electron chi connectivity index (χ0n) is 17.8. The van der Waals surface area contributed by atoms with Crippen molar-refractivity contribution < 1.29 is 23.4 Å². The van der Waals surface area contributed by atoms with Gasteiger partial charge in [-0.25, -0.2) is 0 Å². The summed E-state index contributed by atoms with van der Waals surface area (Å²) in [5.41, 5.74) is 3.37. The third-order valence-electron chi connectivity index (χ3n) is 5.52. The maximum Gasteiger partial charge on any atom is 0.328 e. The number of rotatable bonds is 5. The van der Waals surface area contributed by atoms with Crippen LogP contribution in [0.15, 0.2) is 65.7 Å². The van der Waals surface area contributed by atoms with Gasteiger partial charge in [0.2, 0.25) is 8.38 Å². The highest BCUT2D eigenvalue weighted by Gasteiger charge is 2.27. The van der Waals surface area contributed by atoms with Crippen molar-refractivity contribution in [3.63, 3.8) is 0 Å².